The maximum atomic E-state index is 12.1. The molecule has 17 heavy (non-hydrogen) atoms. The Labute approximate surface area is 102 Å². The molecular weight excluding hydrogens is 238 g/mol. The third-order valence-corrected chi connectivity index (χ3v) is 4.27. The molecule has 88 valence electrons. The van der Waals surface area contributed by atoms with Crippen LogP contribution >= 0.6 is 11.3 Å². The van der Waals surface area contributed by atoms with Crippen LogP contribution < -0.4 is 0 Å². The summed E-state index contributed by atoms with van der Waals surface area (Å²) in [7, 11) is 0. The molecule has 1 fully saturated rings. The summed E-state index contributed by atoms with van der Waals surface area (Å²) in [5, 5.41) is 1.89. The molecule has 2 heterocycles. The van der Waals surface area contributed by atoms with Crippen LogP contribution in [0.3, 0.4) is 0 Å². The van der Waals surface area contributed by atoms with Crippen LogP contribution in [0, 0.1) is 0 Å². The average molecular weight is 249 g/mol. The molecule has 1 atom stereocenters. The van der Waals surface area contributed by atoms with Crippen LogP contribution in [-0.4, -0.2) is 28.4 Å². The summed E-state index contributed by atoms with van der Waals surface area (Å²) in [6, 6.07) is 1.42. The molecule has 4 nitrogen and oxygen atoms in total. The van der Waals surface area contributed by atoms with Crippen molar-refractivity contribution in [3.8, 4) is 0 Å². The Balaban J connectivity index is 1.83. The van der Waals surface area contributed by atoms with Crippen molar-refractivity contribution in [2.75, 3.05) is 0 Å². The summed E-state index contributed by atoms with van der Waals surface area (Å²) in [4.78, 5) is 37.7. The first-order chi connectivity index (χ1) is 8.16. The number of thiophene rings is 1. The molecule has 1 aromatic heterocycles. The summed E-state index contributed by atoms with van der Waals surface area (Å²) in [6.07, 6.45) is 0.883. The van der Waals surface area contributed by atoms with Crippen LogP contribution in [0.4, 0.5) is 0 Å². The highest BCUT2D eigenvalue weighted by Gasteiger charge is 2.39. The number of hydrogen-bond acceptors (Lipinski definition) is 4. The smallest absolute Gasteiger partial charge is 0.255 e. The predicted molar refractivity (Wildman–Crippen MR) is 61.8 cm³/mol. The minimum absolute atomic E-state index is 0.00679. The zero-order valence-corrected chi connectivity index (χ0v) is 9.96. The second-order valence-corrected chi connectivity index (χ2v) is 5.43. The normalized spacial score (nSPS) is 24.4. The highest BCUT2D eigenvalue weighted by atomic mass is 32.1. The van der Waals surface area contributed by atoms with Gasteiger partial charge in [0.2, 0.25) is 0 Å². The van der Waals surface area contributed by atoms with Crippen LogP contribution in [-0.2, 0) is 16.1 Å². The number of amides is 1. The molecular formula is C12H11NO3S. The summed E-state index contributed by atoms with van der Waals surface area (Å²) in [5.74, 6) is -0.175. The number of ketones is 2. The Kier molecular flexibility index (Phi) is 2.36. The fraction of sp³-hybridized carbons (Fsp3) is 0.417. The van der Waals surface area contributed by atoms with Gasteiger partial charge in [-0.05, 0) is 17.9 Å². The maximum Gasteiger partial charge on any atom is 0.255 e. The van der Waals surface area contributed by atoms with Crippen LogP contribution in [0.2, 0.25) is 0 Å². The van der Waals surface area contributed by atoms with Crippen molar-refractivity contribution >= 4 is 28.8 Å². The average Bonchev–Trinajstić information content (AvgIpc) is 2.83. The zero-order valence-electron chi connectivity index (χ0n) is 9.14. The van der Waals surface area contributed by atoms with Crippen molar-refractivity contribution in [3.63, 3.8) is 0 Å². The number of Topliss-reactive ketones (excluding diaryl/α,β-unsaturated/α-hetero) is 2. The van der Waals surface area contributed by atoms with Crippen LogP contribution in [0.5, 0.6) is 0 Å². The molecule has 1 saturated carbocycles. The van der Waals surface area contributed by atoms with E-state index >= 15 is 0 Å². The van der Waals surface area contributed by atoms with Crippen molar-refractivity contribution in [3.05, 3.63) is 21.9 Å². The molecule has 1 unspecified atom stereocenters. The van der Waals surface area contributed by atoms with Gasteiger partial charge in [0.25, 0.3) is 5.91 Å². The molecule has 5 heteroatoms. The first-order valence-corrected chi connectivity index (χ1v) is 6.46. The van der Waals surface area contributed by atoms with E-state index in [2.05, 4.69) is 0 Å². The van der Waals surface area contributed by atoms with E-state index in [1.54, 1.807) is 22.3 Å². The molecule has 0 radical (unpaired) electrons. The van der Waals surface area contributed by atoms with E-state index in [0.717, 1.165) is 10.4 Å². The number of nitrogens with zero attached hydrogens (tertiary/aromatic N) is 1. The van der Waals surface area contributed by atoms with Gasteiger partial charge in [-0.3, -0.25) is 14.4 Å². The Morgan fingerprint density at radius 1 is 1.29 bits per heavy atom. The molecule has 3 rings (SSSR count). The topological polar surface area (TPSA) is 54.5 Å². The van der Waals surface area contributed by atoms with Crippen molar-refractivity contribution in [2.45, 2.75) is 31.8 Å². The van der Waals surface area contributed by atoms with Gasteiger partial charge in [-0.1, -0.05) is 0 Å². The molecule has 2 aliphatic rings. The molecule has 0 spiro atoms. The Bertz CT molecular complexity index is 520. The number of carbonyl (C=O) groups is 3. The molecule has 0 bridgehead atoms. The van der Waals surface area contributed by atoms with Crippen molar-refractivity contribution in [1.82, 2.24) is 4.90 Å². The molecule has 0 saturated heterocycles. The van der Waals surface area contributed by atoms with E-state index in [1.165, 1.54) is 0 Å². The Morgan fingerprint density at radius 2 is 2.12 bits per heavy atom. The lowest BCUT2D eigenvalue weighted by Crippen LogP contribution is -2.44. The van der Waals surface area contributed by atoms with Crippen molar-refractivity contribution in [2.24, 2.45) is 0 Å². The lowest BCUT2D eigenvalue weighted by Gasteiger charge is -2.29. The standard InChI is InChI=1S/C12H11NO3S/c14-7-1-2-9(10(15)5-7)13-6-11-8(12(13)16)3-4-17-11/h3-4,9H,1-2,5-6H2. The van der Waals surface area contributed by atoms with E-state index in [9.17, 15) is 14.4 Å². The Hall–Kier alpha value is -1.49. The van der Waals surface area contributed by atoms with E-state index < -0.39 is 0 Å². The predicted octanol–water partition coefficient (Wildman–Crippen LogP) is 1.39. The highest BCUT2D eigenvalue weighted by molar-refractivity contribution is 7.10. The maximum absolute atomic E-state index is 12.1. The lowest BCUT2D eigenvalue weighted by atomic mass is 9.92. The van der Waals surface area contributed by atoms with Crippen LogP contribution in [0.25, 0.3) is 0 Å². The van der Waals surface area contributed by atoms with Gasteiger partial charge in [0.1, 0.15) is 5.78 Å². The van der Waals surface area contributed by atoms with Gasteiger partial charge in [0, 0.05) is 11.3 Å². The zero-order chi connectivity index (χ0) is 12.0. The molecule has 1 aliphatic carbocycles. The van der Waals surface area contributed by atoms with Crippen molar-refractivity contribution < 1.29 is 14.4 Å². The fourth-order valence-electron chi connectivity index (χ4n) is 2.48. The van der Waals surface area contributed by atoms with E-state index in [-0.39, 0.29) is 29.9 Å². The number of fused-ring (bicyclic) bond motifs is 1. The summed E-state index contributed by atoms with van der Waals surface area (Å²) >= 11 is 1.54. The monoisotopic (exact) mass is 249 g/mol. The minimum atomic E-state index is -0.389. The molecule has 1 amide bonds. The van der Waals surface area contributed by atoms with Gasteiger partial charge in [0.05, 0.1) is 24.6 Å². The number of hydrogen-bond donors (Lipinski definition) is 0. The summed E-state index contributed by atoms with van der Waals surface area (Å²) in [5.41, 5.74) is 0.722. The van der Waals surface area contributed by atoms with Gasteiger partial charge < -0.3 is 4.90 Å². The largest absolute Gasteiger partial charge is 0.323 e. The molecule has 1 aliphatic heterocycles. The summed E-state index contributed by atoms with van der Waals surface area (Å²) in [6.45, 7) is 0.524. The second kappa shape index (κ2) is 3.77. The van der Waals surface area contributed by atoms with Gasteiger partial charge in [-0.2, -0.15) is 0 Å². The van der Waals surface area contributed by atoms with E-state index in [0.29, 0.717) is 19.4 Å². The number of carbonyl (C=O) groups excluding carboxylic acids is 3. The SMILES string of the molecule is O=C1CCC(N2Cc3sccc3C2=O)C(=O)C1. The van der Waals surface area contributed by atoms with Crippen molar-refractivity contribution in [1.29, 1.82) is 0 Å². The third-order valence-electron chi connectivity index (χ3n) is 3.37. The quantitative estimate of drug-likeness (QED) is 0.707. The van der Waals surface area contributed by atoms with Gasteiger partial charge >= 0.3 is 0 Å². The second-order valence-electron chi connectivity index (χ2n) is 4.43. The fourth-order valence-corrected chi connectivity index (χ4v) is 3.34. The molecule has 0 aromatic carbocycles. The first-order valence-electron chi connectivity index (χ1n) is 5.58. The molecule has 0 N–H and O–H groups in total. The van der Waals surface area contributed by atoms with Gasteiger partial charge in [-0.15, -0.1) is 11.3 Å². The summed E-state index contributed by atoms with van der Waals surface area (Å²) < 4.78 is 0. The minimum Gasteiger partial charge on any atom is -0.323 e. The van der Waals surface area contributed by atoms with Gasteiger partial charge in [-0.25, -0.2) is 0 Å². The lowest BCUT2D eigenvalue weighted by molar-refractivity contribution is -0.133. The Morgan fingerprint density at radius 3 is 2.82 bits per heavy atom. The van der Waals surface area contributed by atoms with E-state index in [4.69, 9.17) is 0 Å². The first kappa shape index (κ1) is 10.7. The van der Waals surface area contributed by atoms with E-state index in [1.807, 2.05) is 5.38 Å². The molecule has 1 aromatic rings. The van der Waals surface area contributed by atoms with Crippen LogP contribution in [0.15, 0.2) is 11.4 Å². The number of rotatable bonds is 1. The van der Waals surface area contributed by atoms with Gasteiger partial charge in [0.15, 0.2) is 5.78 Å². The van der Waals surface area contributed by atoms with Crippen LogP contribution in [0.1, 0.15) is 34.5 Å². The third kappa shape index (κ3) is 1.61. The highest BCUT2D eigenvalue weighted by Crippen LogP contribution is 2.31.